The van der Waals surface area contributed by atoms with Crippen molar-refractivity contribution in [3.63, 3.8) is 0 Å². The second-order valence-electron chi connectivity index (χ2n) is 2.94. The molecule has 0 radical (unpaired) electrons. The molecule has 0 saturated heterocycles. The summed E-state index contributed by atoms with van der Waals surface area (Å²) in [5, 5.41) is 0. The van der Waals surface area contributed by atoms with E-state index < -0.39 is 29.4 Å². The molecule has 1 atom stereocenters. The molecule has 0 aromatic rings. The van der Waals surface area contributed by atoms with Gasteiger partial charge >= 0.3 is 12.4 Å². The molecular weight excluding hydrogens is 236 g/mol. The molecule has 0 aromatic heterocycles. The fraction of sp³-hybridized carbons (Fsp3) is 0.714. The minimum absolute atomic E-state index is 0.0406. The first-order chi connectivity index (χ1) is 6.32. The van der Waals surface area contributed by atoms with Crippen molar-refractivity contribution in [3.8, 4) is 0 Å². The van der Waals surface area contributed by atoms with Crippen molar-refractivity contribution >= 4 is 0 Å². The lowest BCUT2D eigenvalue weighted by atomic mass is 10.0. The van der Waals surface area contributed by atoms with Gasteiger partial charge in [0.05, 0.1) is 5.57 Å². The Bertz CT molecular complexity index is 266. The molecule has 0 fully saturated rings. The van der Waals surface area contributed by atoms with E-state index in [1.54, 1.807) is 0 Å². The van der Waals surface area contributed by atoms with Crippen LogP contribution in [0.2, 0.25) is 0 Å². The van der Waals surface area contributed by atoms with Gasteiger partial charge in [-0.2, -0.15) is 26.3 Å². The van der Waals surface area contributed by atoms with E-state index >= 15 is 0 Å². The smallest absolute Gasteiger partial charge is 0.226 e. The van der Waals surface area contributed by atoms with Crippen LogP contribution in [0.25, 0.3) is 0 Å². The van der Waals surface area contributed by atoms with E-state index in [-0.39, 0.29) is 13.8 Å². The fourth-order valence-electron chi connectivity index (χ4n) is 0.601. The van der Waals surface area contributed by atoms with Crippen LogP contribution in [0.4, 0.5) is 35.1 Å². The number of rotatable bonds is 1. The van der Waals surface area contributed by atoms with Crippen molar-refractivity contribution in [1.82, 2.24) is 0 Å². The van der Waals surface area contributed by atoms with Gasteiger partial charge in [-0.3, -0.25) is 0 Å². The Morgan fingerprint density at radius 3 is 1.40 bits per heavy atom. The first-order valence-electron chi connectivity index (χ1n) is 3.51. The molecule has 0 saturated carbocycles. The highest BCUT2D eigenvalue weighted by Gasteiger charge is 2.58. The highest BCUT2D eigenvalue weighted by atomic mass is 19.4. The zero-order valence-corrected chi connectivity index (χ0v) is 7.52. The lowest BCUT2D eigenvalue weighted by Crippen LogP contribution is -2.40. The van der Waals surface area contributed by atoms with Crippen molar-refractivity contribution in [3.05, 3.63) is 11.4 Å². The number of halogens is 8. The summed E-state index contributed by atoms with van der Waals surface area (Å²) in [7, 11) is 0. The number of alkyl halides is 7. The molecule has 0 aliphatic carbocycles. The largest absolute Gasteiger partial charge is 0.428 e. The Labute approximate surface area is 79.6 Å². The maximum Gasteiger partial charge on any atom is 0.428 e. The minimum atomic E-state index is -5.73. The van der Waals surface area contributed by atoms with E-state index in [0.29, 0.717) is 0 Å². The van der Waals surface area contributed by atoms with E-state index in [2.05, 4.69) is 0 Å². The molecule has 90 valence electrons. The first-order valence-corrected chi connectivity index (χ1v) is 3.51. The summed E-state index contributed by atoms with van der Waals surface area (Å²) in [5.41, 5.74) is -6.86. The average molecular weight is 242 g/mol. The van der Waals surface area contributed by atoms with Gasteiger partial charge in [-0.05, 0) is 13.8 Å². The van der Waals surface area contributed by atoms with Crippen LogP contribution in [0.3, 0.4) is 0 Å². The molecule has 0 aliphatic rings. The predicted octanol–water partition coefficient (Wildman–Crippen LogP) is 4.08. The van der Waals surface area contributed by atoms with E-state index in [4.69, 9.17) is 0 Å². The molecule has 1 unspecified atom stereocenters. The summed E-state index contributed by atoms with van der Waals surface area (Å²) in [6.07, 6.45) is -11.1. The standard InChI is InChI=1S/C7H6F8/c1-3(6(10,11)12)4(8)5(2,9)7(13,14)15/h1-2H3/b4-3-. The molecule has 0 aromatic carbocycles. The second-order valence-corrected chi connectivity index (χ2v) is 2.94. The van der Waals surface area contributed by atoms with Gasteiger partial charge < -0.3 is 0 Å². The predicted molar refractivity (Wildman–Crippen MR) is 35.4 cm³/mol. The molecule has 0 N–H and O–H groups in total. The van der Waals surface area contributed by atoms with Crippen molar-refractivity contribution < 1.29 is 35.1 Å². The minimum Gasteiger partial charge on any atom is -0.226 e. The molecule has 0 rings (SSSR count). The van der Waals surface area contributed by atoms with Crippen LogP contribution in [0, 0.1) is 0 Å². The number of hydrogen-bond donors (Lipinski definition) is 0. The maximum absolute atomic E-state index is 12.7. The molecule has 0 nitrogen and oxygen atoms in total. The van der Waals surface area contributed by atoms with Crippen LogP contribution in [-0.4, -0.2) is 18.0 Å². The number of allylic oxidation sites excluding steroid dienone is 2. The molecule has 0 bridgehead atoms. The van der Waals surface area contributed by atoms with Gasteiger partial charge in [-0.15, -0.1) is 0 Å². The van der Waals surface area contributed by atoms with Crippen LogP contribution in [0.5, 0.6) is 0 Å². The summed E-state index contributed by atoms with van der Waals surface area (Å²) in [4.78, 5) is 0. The van der Waals surface area contributed by atoms with Crippen LogP contribution in [0.15, 0.2) is 11.4 Å². The second kappa shape index (κ2) is 3.64. The Morgan fingerprint density at radius 2 is 1.20 bits per heavy atom. The quantitative estimate of drug-likeness (QED) is 0.607. The van der Waals surface area contributed by atoms with Gasteiger partial charge in [0.15, 0.2) is 5.83 Å². The monoisotopic (exact) mass is 242 g/mol. The summed E-state index contributed by atoms with van der Waals surface area (Å²) in [6, 6.07) is 0. The van der Waals surface area contributed by atoms with Crippen molar-refractivity contribution in [2.24, 2.45) is 0 Å². The molecular formula is C7H6F8. The summed E-state index contributed by atoms with van der Waals surface area (Å²) in [6.45, 7) is -0.267. The molecule has 0 spiro atoms. The van der Waals surface area contributed by atoms with Crippen LogP contribution in [0.1, 0.15) is 13.8 Å². The third-order valence-corrected chi connectivity index (χ3v) is 1.70. The average Bonchev–Trinajstić information content (AvgIpc) is 1.97. The number of hydrogen-bond acceptors (Lipinski definition) is 0. The SMILES string of the molecule is C/C(=C(/F)C(C)(F)C(F)(F)F)C(F)(F)F. The van der Waals surface area contributed by atoms with E-state index in [9.17, 15) is 35.1 Å². The Kier molecular flexibility index (Phi) is 3.44. The lowest BCUT2D eigenvalue weighted by molar-refractivity contribution is -0.216. The summed E-state index contributed by atoms with van der Waals surface area (Å²) in [5.74, 6) is -2.87. The van der Waals surface area contributed by atoms with E-state index in [0.717, 1.165) is 0 Å². The topological polar surface area (TPSA) is 0 Å². The van der Waals surface area contributed by atoms with E-state index in [1.807, 2.05) is 0 Å². The van der Waals surface area contributed by atoms with Crippen LogP contribution >= 0.6 is 0 Å². The molecule has 0 aliphatic heterocycles. The van der Waals surface area contributed by atoms with Gasteiger partial charge in [0.1, 0.15) is 0 Å². The highest BCUT2D eigenvalue weighted by molar-refractivity contribution is 5.21. The third-order valence-electron chi connectivity index (χ3n) is 1.70. The summed E-state index contributed by atoms with van der Waals surface area (Å²) >= 11 is 0. The first kappa shape index (κ1) is 14.2. The third kappa shape index (κ3) is 2.82. The normalized spacial score (nSPS) is 19.6. The lowest BCUT2D eigenvalue weighted by Gasteiger charge is -2.23. The zero-order valence-electron chi connectivity index (χ0n) is 7.52. The Balaban J connectivity index is 5.44. The van der Waals surface area contributed by atoms with Crippen molar-refractivity contribution in [1.29, 1.82) is 0 Å². The Morgan fingerprint density at radius 1 is 0.867 bits per heavy atom. The van der Waals surface area contributed by atoms with Gasteiger partial charge in [0.2, 0.25) is 0 Å². The Hall–Kier alpha value is -0.820. The molecule has 8 heteroatoms. The summed E-state index contributed by atoms with van der Waals surface area (Å²) < 4.78 is 96.2. The molecule has 0 amide bonds. The zero-order chi connectivity index (χ0) is 12.7. The van der Waals surface area contributed by atoms with Gasteiger partial charge in [-0.25, -0.2) is 8.78 Å². The van der Waals surface area contributed by atoms with Crippen molar-refractivity contribution in [2.75, 3.05) is 0 Å². The van der Waals surface area contributed by atoms with Crippen LogP contribution < -0.4 is 0 Å². The van der Waals surface area contributed by atoms with Gasteiger partial charge in [-0.1, -0.05) is 0 Å². The molecule has 15 heavy (non-hydrogen) atoms. The van der Waals surface area contributed by atoms with E-state index in [1.165, 1.54) is 0 Å². The van der Waals surface area contributed by atoms with Crippen LogP contribution in [-0.2, 0) is 0 Å². The van der Waals surface area contributed by atoms with Gasteiger partial charge in [0, 0.05) is 0 Å². The fourth-order valence-corrected chi connectivity index (χ4v) is 0.601. The highest BCUT2D eigenvalue weighted by Crippen LogP contribution is 2.43. The van der Waals surface area contributed by atoms with Gasteiger partial charge in [0.25, 0.3) is 5.67 Å². The molecule has 0 heterocycles. The van der Waals surface area contributed by atoms with Crippen molar-refractivity contribution in [2.45, 2.75) is 31.9 Å². The maximum atomic E-state index is 12.7.